The van der Waals surface area contributed by atoms with E-state index in [2.05, 4.69) is 0 Å². The van der Waals surface area contributed by atoms with Crippen LogP contribution in [0.1, 0.15) is 31.2 Å². The van der Waals surface area contributed by atoms with Crippen LogP contribution < -0.4 is 0 Å². The zero-order valence-electron chi connectivity index (χ0n) is 15.4. The Morgan fingerprint density at radius 1 is 1.04 bits per heavy atom. The van der Waals surface area contributed by atoms with Crippen LogP contribution in [0.2, 0.25) is 0 Å². The number of amides is 2. The average Bonchev–Trinajstić information content (AvgIpc) is 3.20. The molecule has 3 rings (SSSR count). The summed E-state index contributed by atoms with van der Waals surface area (Å²) in [4.78, 5) is 40.9. The maximum Gasteiger partial charge on any atom is 0.338 e. The van der Waals surface area contributed by atoms with Crippen molar-refractivity contribution in [1.82, 2.24) is 9.80 Å². The molecule has 7 heteroatoms. The van der Waals surface area contributed by atoms with Crippen molar-refractivity contribution in [3.8, 4) is 0 Å². The predicted molar refractivity (Wildman–Crippen MR) is 103 cm³/mol. The Labute approximate surface area is 162 Å². The molecule has 2 aromatic rings. The van der Waals surface area contributed by atoms with Gasteiger partial charge in [-0.1, -0.05) is 23.8 Å². The molecule has 0 bridgehead atoms. The van der Waals surface area contributed by atoms with Gasteiger partial charge in [-0.25, -0.2) is 4.79 Å². The first-order valence-corrected chi connectivity index (χ1v) is 9.68. The Kier molecular flexibility index (Phi) is 5.91. The molecule has 0 saturated carbocycles. The monoisotopic (exact) mass is 386 g/mol. The van der Waals surface area contributed by atoms with Crippen LogP contribution in [0.3, 0.4) is 0 Å². The second kappa shape index (κ2) is 8.35. The van der Waals surface area contributed by atoms with Crippen LogP contribution in [0.25, 0.3) is 0 Å². The largest absolute Gasteiger partial charge is 0.452 e. The van der Waals surface area contributed by atoms with Crippen molar-refractivity contribution in [2.24, 2.45) is 0 Å². The Hall–Kier alpha value is -2.67. The number of hydrogen-bond acceptors (Lipinski definition) is 5. The minimum Gasteiger partial charge on any atom is -0.452 e. The first-order valence-electron chi connectivity index (χ1n) is 8.80. The van der Waals surface area contributed by atoms with Gasteiger partial charge in [0, 0.05) is 26.2 Å². The number of carbonyl (C=O) groups is 3. The summed E-state index contributed by atoms with van der Waals surface area (Å²) in [6.07, 6.45) is 0. The van der Waals surface area contributed by atoms with E-state index in [0.29, 0.717) is 36.6 Å². The number of benzene rings is 1. The lowest BCUT2D eigenvalue weighted by molar-refractivity contribution is -0.136. The van der Waals surface area contributed by atoms with Gasteiger partial charge in [-0.05, 0) is 36.9 Å². The zero-order chi connectivity index (χ0) is 19.4. The van der Waals surface area contributed by atoms with Gasteiger partial charge in [-0.2, -0.15) is 0 Å². The number of ether oxygens (including phenoxy) is 1. The molecule has 1 aromatic carbocycles. The van der Waals surface area contributed by atoms with Gasteiger partial charge < -0.3 is 14.5 Å². The molecule has 2 amide bonds. The SMILES string of the molecule is Cc1ccc(C(=O)OCC(=O)N2CCN(C(=O)c3cccs3)CC2)c(C)c1. The molecule has 0 radical (unpaired) electrons. The summed E-state index contributed by atoms with van der Waals surface area (Å²) in [5, 5.41) is 1.87. The number of rotatable bonds is 4. The van der Waals surface area contributed by atoms with Gasteiger partial charge in [0.25, 0.3) is 11.8 Å². The summed E-state index contributed by atoms with van der Waals surface area (Å²) < 4.78 is 5.19. The van der Waals surface area contributed by atoms with Crippen molar-refractivity contribution in [2.75, 3.05) is 32.8 Å². The maximum atomic E-state index is 12.3. The second-order valence-corrected chi connectivity index (χ2v) is 7.49. The summed E-state index contributed by atoms with van der Waals surface area (Å²) in [6, 6.07) is 9.11. The maximum absolute atomic E-state index is 12.3. The van der Waals surface area contributed by atoms with E-state index in [0.717, 1.165) is 11.1 Å². The van der Waals surface area contributed by atoms with Crippen LogP contribution in [0.5, 0.6) is 0 Å². The molecule has 1 saturated heterocycles. The normalized spacial score (nSPS) is 14.1. The molecule has 142 valence electrons. The van der Waals surface area contributed by atoms with E-state index < -0.39 is 5.97 Å². The lowest BCUT2D eigenvalue weighted by Crippen LogP contribution is -2.51. The number of hydrogen-bond donors (Lipinski definition) is 0. The van der Waals surface area contributed by atoms with E-state index >= 15 is 0 Å². The molecule has 27 heavy (non-hydrogen) atoms. The number of thiophene rings is 1. The van der Waals surface area contributed by atoms with Crippen molar-refractivity contribution < 1.29 is 19.1 Å². The number of piperazine rings is 1. The zero-order valence-corrected chi connectivity index (χ0v) is 16.3. The quantitative estimate of drug-likeness (QED) is 0.758. The van der Waals surface area contributed by atoms with E-state index in [4.69, 9.17) is 4.74 Å². The lowest BCUT2D eigenvalue weighted by atomic mass is 10.1. The molecule has 0 aliphatic carbocycles. The molecule has 0 unspecified atom stereocenters. The highest BCUT2D eigenvalue weighted by atomic mass is 32.1. The average molecular weight is 386 g/mol. The van der Waals surface area contributed by atoms with Crippen molar-refractivity contribution in [2.45, 2.75) is 13.8 Å². The molecule has 6 nitrogen and oxygen atoms in total. The highest BCUT2D eigenvalue weighted by molar-refractivity contribution is 7.12. The Morgan fingerprint density at radius 3 is 2.37 bits per heavy atom. The summed E-state index contributed by atoms with van der Waals surface area (Å²) >= 11 is 1.41. The highest BCUT2D eigenvalue weighted by Gasteiger charge is 2.26. The van der Waals surface area contributed by atoms with Crippen LogP contribution in [-0.4, -0.2) is 60.4 Å². The third-order valence-electron chi connectivity index (χ3n) is 4.58. The molecular weight excluding hydrogens is 364 g/mol. The summed E-state index contributed by atoms with van der Waals surface area (Å²) in [7, 11) is 0. The van der Waals surface area contributed by atoms with Crippen molar-refractivity contribution in [3.63, 3.8) is 0 Å². The van der Waals surface area contributed by atoms with E-state index in [1.54, 1.807) is 21.9 Å². The van der Waals surface area contributed by atoms with Gasteiger partial charge in [0.2, 0.25) is 0 Å². The van der Waals surface area contributed by atoms with Gasteiger partial charge in [0.05, 0.1) is 10.4 Å². The summed E-state index contributed by atoms with van der Waals surface area (Å²) in [6.45, 7) is 5.35. The Morgan fingerprint density at radius 2 is 1.74 bits per heavy atom. The molecule has 1 aromatic heterocycles. The van der Waals surface area contributed by atoms with Gasteiger partial charge in [0.1, 0.15) is 0 Å². The number of nitrogens with zero attached hydrogens (tertiary/aromatic N) is 2. The van der Waals surface area contributed by atoms with E-state index in [1.807, 2.05) is 37.4 Å². The van der Waals surface area contributed by atoms with Gasteiger partial charge in [0.15, 0.2) is 6.61 Å². The molecule has 1 fully saturated rings. The van der Waals surface area contributed by atoms with Crippen LogP contribution >= 0.6 is 11.3 Å². The fraction of sp³-hybridized carbons (Fsp3) is 0.350. The molecule has 0 N–H and O–H groups in total. The number of carbonyl (C=O) groups excluding carboxylic acids is 3. The van der Waals surface area contributed by atoms with Crippen LogP contribution in [0.4, 0.5) is 0 Å². The van der Waals surface area contributed by atoms with Crippen LogP contribution in [-0.2, 0) is 9.53 Å². The van der Waals surface area contributed by atoms with Crippen molar-refractivity contribution in [3.05, 3.63) is 57.3 Å². The summed E-state index contributed by atoms with van der Waals surface area (Å²) in [5.74, 6) is -0.734. The van der Waals surface area contributed by atoms with Crippen molar-refractivity contribution >= 4 is 29.1 Å². The molecule has 2 heterocycles. The molecule has 1 aliphatic heterocycles. The van der Waals surface area contributed by atoms with Crippen molar-refractivity contribution in [1.29, 1.82) is 0 Å². The fourth-order valence-corrected chi connectivity index (χ4v) is 3.74. The number of esters is 1. The molecule has 0 atom stereocenters. The molecular formula is C20H22N2O4S. The van der Waals surface area contributed by atoms with Gasteiger partial charge >= 0.3 is 5.97 Å². The minimum atomic E-state index is -0.493. The summed E-state index contributed by atoms with van der Waals surface area (Å²) in [5.41, 5.74) is 2.36. The smallest absolute Gasteiger partial charge is 0.338 e. The van der Waals surface area contributed by atoms with E-state index in [1.165, 1.54) is 11.3 Å². The standard InChI is InChI=1S/C20H22N2O4S/c1-14-5-6-16(15(2)12-14)20(25)26-13-18(23)21-7-9-22(10-8-21)19(24)17-4-3-11-27-17/h3-6,11-12H,7-10,13H2,1-2H3. The predicted octanol–water partition coefficient (Wildman–Crippen LogP) is 2.51. The van der Waals surface area contributed by atoms with Crippen LogP contribution in [0, 0.1) is 13.8 Å². The third kappa shape index (κ3) is 4.54. The van der Waals surface area contributed by atoms with Gasteiger partial charge in [-0.3, -0.25) is 9.59 Å². The topological polar surface area (TPSA) is 66.9 Å². The van der Waals surface area contributed by atoms with Gasteiger partial charge in [-0.15, -0.1) is 11.3 Å². The Bertz CT molecular complexity index is 840. The highest BCUT2D eigenvalue weighted by Crippen LogP contribution is 2.15. The minimum absolute atomic E-state index is 0.00151. The lowest BCUT2D eigenvalue weighted by Gasteiger charge is -2.34. The number of aryl methyl sites for hydroxylation is 2. The van der Waals surface area contributed by atoms with E-state index in [9.17, 15) is 14.4 Å². The first-order chi connectivity index (χ1) is 13.0. The fourth-order valence-electron chi connectivity index (χ4n) is 3.05. The molecule has 0 spiro atoms. The third-order valence-corrected chi connectivity index (χ3v) is 5.44. The van der Waals surface area contributed by atoms with Crippen LogP contribution in [0.15, 0.2) is 35.7 Å². The second-order valence-electron chi connectivity index (χ2n) is 6.54. The molecule has 1 aliphatic rings. The van der Waals surface area contributed by atoms with E-state index in [-0.39, 0.29) is 18.4 Å². The Balaban J connectivity index is 1.48. The first kappa shape index (κ1) is 19.1.